The Balaban J connectivity index is 2.54. The highest BCUT2D eigenvalue weighted by Crippen LogP contribution is 2.31. The lowest BCUT2D eigenvalue weighted by atomic mass is 9.87. The van der Waals surface area contributed by atoms with Crippen LogP contribution in [0, 0.1) is 18.6 Å². The van der Waals surface area contributed by atoms with Crippen LogP contribution in [0.5, 0.6) is 0 Å². The first-order valence-corrected chi connectivity index (χ1v) is 5.67. The van der Waals surface area contributed by atoms with Crippen LogP contribution in [0.25, 0.3) is 0 Å². The molecule has 1 atom stereocenters. The van der Waals surface area contributed by atoms with E-state index in [0.717, 1.165) is 11.6 Å². The third-order valence-corrected chi connectivity index (χ3v) is 3.09. The van der Waals surface area contributed by atoms with Crippen LogP contribution in [0.4, 0.5) is 8.78 Å². The zero-order chi connectivity index (χ0) is 13.3. The van der Waals surface area contributed by atoms with Crippen molar-refractivity contribution in [3.63, 3.8) is 0 Å². The molecule has 2 aromatic rings. The number of halogens is 2. The van der Waals surface area contributed by atoms with Crippen LogP contribution in [0.1, 0.15) is 23.6 Å². The second-order valence-corrected chi connectivity index (χ2v) is 4.54. The van der Waals surface area contributed by atoms with E-state index in [1.54, 1.807) is 12.1 Å². The standard InChI is InChI=1S/C15H14F2O/c1-10-6-8-11(9-7-10)15(2,18)12-4-3-5-13(16)14(12)17/h3-9,18H,1-2H3. The number of aliphatic hydroxyl groups is 1. The maximum Gasteiger partial charge on any atom is 0.165 e. The van der Waals surface area contributed by atoms with E-state index >= 15 is 0 Å². The Morgan fingerprint density at radius 3 is 2.22 bits per heavy atom. The van der Waals surface area contributed by atoms with Crippen molar-refractivity contribution >= 4 is 0 Å². The van der Waals surface area contributed by atoms with Gasteiger partial charge in [0.15, 0.2) is 11.6 Å². The van der Waals surface area contributed by atoms with Gasteiger partial charge in [-0.1, -0.05) is 42.0 Å². The van der Waals surface area contributed by atoms with Gasteiger partial charge in [0.05, 0.1) is 0 Å². The van der Waals surface area contributed by atoms with E-state index in [-0.39, 0.29) is 5.56 Å². The average molecular weight is 248 g/mol. The molecule has 0 aliphatic rings. The van der Waals surface area contributed by atoms with Crippen molar-refractivity contribution in [3.05, 3.63) is 70.8 Å². The molecule has 1 unspecified atom stereocenters. The molecule has 0 saturated heterocycles. The fourth-order valence-corrected chi connectivity index (χ4v) is 1.91. The highest BCUT2D eigenvalue weighted by Gasteiger charge is 2.29. The summed E-state index contributed by atoms with van der Waals surface area (Å²) in [5.74, 6) is -1.97. The summed E-state index contributed by atoms with van der Waals surface area (Å²) in [4.78, 5) is 0. The number of benzene rings is 2. The summed E-state index contributed by atoms with van der Waals surface area (Å²) in [6.45, 7) is 3.37. The van der Waals surface area contributed by atoms with Gasteiger partial charge in [-0.25, -0.2) is 8.78 Å². The third-order valence-electron chi connectivity index (χ3n) is 3.09. The van der Waals surface area contributed by atoms with Crippen LogP contribution >= 0.6 is 0 Å². The summed E-state index contributed by atoms with van der Waals surface area (Å²) in [6, 6.07) is 10.9. The van der Waals surface area contributed by atoms with E-state index in [1.807, 2.05) is 19.1 Å². The van der Waals surface area contributed by atoms with Crippen molar-refractivity contribution in [2.75, 3.05) is 0 Å². The quantitative estimate of drug-likeness (QED) is 0.862. The van der Waals surface area contributed by atoms with Crippen molar-refractivity contribution in [1.82, 2.24) is 0 Å². The summed E-state index contributed by atoms with van der Waals surface area (Å²) >= 11 is 0. The Hall–Kier alpha value is -1.74. The number of hydrogen-bond acceptors (Lipinski definition) is 1. The topological polar surface area (TPSA) is 20.2 Å². The van der Waals surface area contributed by atoms with Gasteiger partial charge in [-0.15, -0.1) is 0 Å². The predicted molar refractivity (Wildman–Crippen MR) is 66.2 cm³/mol. The molecule has 3 heteroatoms. The number of hydrogen-bond donors (Lipinski definition) is 1. The number of rotatable bonds is 2. The van der Waals surface area contributed by atoms with Crippen molar-refractivity contribution in [2.45, 2.75) is 19.4 Å². The predicted octanol–water partition coefficient (Wildman–Crippen LogP) is 3.53. The molecule has 1 N–H and O–H groups in total. The van der Waals surface area contributed by atoms with Gasteiger partial charge in [-0.05, 0) is 25.5 Å². The summed E-state index contributed by atoms with van der Waals surface area (Å²) in [5.41, 5.74) is -0.0573. The molecule has 0 aliphatic carbocycles. The van der Waals surface area contributed by atoms with Crippen molar-refractivity contribution in [2.24, 2.45) is 0 Å². The van der Waals surface area contributed by atoms with Crippen LogP contribution in [-0.4, -0.2) is 5.11 Å². The Kier molecular flexibility index (Phi) is 3.18. The summed E-state index contributed by atoms with van der Waals surface area (Å²) in [5, 5.41) is 10.4. The van der Waals surface area contributed by atoms with E-state index in [9.17, 15) is 13.9 Å². The minimum atomic E-state index is -1.56. The molecule has 2 rings (SSSR count). The van der Waals surface area contributed by atoms with E-state index in [4.69, 9.17) is 0 Å². The largest absolute Gasteiger partial charge is 0.381 e. The van der Waals surface area contributed by atoms with Gasteiger partial charge in [0.1, 0.15) is 5.60 Å². The number of aryl methyl sites for hydroxylation is 1. The lowest BCUT2D eigenvalue weighted by Gasteiger charge is -2.25. The minimum Gasteiger partial charge on any atom is -0.381 e. The molecule has 94 valence electrons. The minimum absolute atomic E-state index is 0.0636. The highest BCUT2D eigenvalue weighted by molar-refractivity contribution is 5.37. The molecule has 0 spiro atoms. The van der Waals surface area contributed by atoms with Gasteiger partial charge in [-0.2, -0.15) is 0 Å². The Bertz CT molecular complexity index is 559. The fraction of sp³-hybridized carbons (Fsp3) is 0.200. The SMILES string of the molecule is Cc1ccc(C(C)(O)c2cccc(F)c2F)cc1. The molecule has 0 amide bonds. The molecule has 18 heavy (non-hydrogen) atoms. The Morgan fingerprint density at radius 1 is 1.00 bits per heavy atom. The Morgan fingerprint density at radius 2 is 1.61 bits per heavy atom. The average Bonchev–Trinajstić information content (AvgIpc) is 2.33. The maximum atomic E-state index is 13.7. The third kappa shape index (κ3) is 2.14. The lowest BCUT2D eigenvalue weighted by molar-refractivity contribution is 0.0970. The molecule has 0 aliphatic heterocycles. The molecule has 0 radical (unpaired) electrons. The van der Waals surface area contributed by atoms with E-state index in [1.165, 1.54) is 19.1 Å². The van der Waals surface area contributed by atoms with Crippen LogP contribution < -0.4 is 0 Å². The molecular formula is C15H14F2O. The van der Waals surface area contributed by atoms with Crippen LogP contribution in [0.3, 0.4) is 0 Å². The van der Waals surface area contributed by atoms with E-state index in [2.05, 4.69) is 0 Å². The monoisotopic (exact) mass is 248 g/mol. The zero-order valence-electron chi connectivity index (χ0n) is 10.2. The molecule has 2 aromatic carbocycles. The van der Waals surface area contributed by atoms with E-state index < -0.39 is 17.2 Å². The second kappa shape index (κ2) is 4.50. The van der Waals surface area contributed by atoms with Crippen molar-refractivity contribution in [3.8, 4) is 0 Å². The van der Waals surface area contributed by atoms with Gasteiger partial charge in [0, 0.05) is 5.56 Å². The summed E-state index contributed by atoms with van der Waals surface area (Å²) in [7, 11) is 0. The van der Waals surface area contributed by atoms with Crippen LogP contribution in [-0.2, 0) is 5.60 Å². The molecule has 1 nitrogen and oxygen atoms in total. The van der Waals surface area contributed by atoms with Gasteiger partial charge >= 0.3 is 0 Å². The van der Waals surface area contributed by atoms with Gasteiger partial charge in [0.25, 0.3) is 0 Å². The summed E-state index contributed by atoms with van der Waals surface area (Å²) in [6.07, 6.45) is 0. The van der Waals surface area contributed by atoms with E-state index in [0.29, 0.717) is 5.56 Å². The zero-order valence-corrected chi connectivity index (χ0v) is 10.2. The smallest absolute Gasteiger partial charge is 0.165 e. The lowest BCUT2D eigenvalue weighted by Crippen LogP contribution is -2.24. The first-order chi connectivity index (χ1) is 8.43. The molecule has 0 saturated carbocycles. The van der Waals surface area contributed by atoms with Crippen molar-refractivity contribution < 1.29 is 13.9 Å². The van der Waals surface area contributed by atoms with Gasteiger partial charge in [-0.3, -0.25) is 0 Å². The molecule has 0 bridgehead atoms. The Labute approximate surface area is 105 Å². The molecule has 0 fully saturated rings. The highest BCUT2D eigenvalue weighted by atomic mass is 19.2. The maximum absolute atomic E-state index is 13.7. The van der Waals surface area contributed by atoms with Crippen molar-refractivity contribution in [1.29, 1.82) is 0 Å². The van der Waals surface area contributed by atoms with Crippen LogP contribution in [0.15, 0.2) is 42.5 Å². The molecular weight excluding hydrogens is 234 g/mol. The first kappa shape index (κ1) is 12.7. The second-order valence-electron chi connectivity index (χ2n) is 4.54. The first-order valence-electron chi connectivity index (χ1n) is 5.67. The molecule has 0 heterocycles. The normalized spacial score (nSPS) is 14.3. The van der Waals surface area contributed by atoms with Gasteiger partial charge in [0.2, 0.25) is 0 Å². The van der Waals surface area contributed by atoms with Crippen LogP contribution in [0.2, 0.25) is 0 Å². The summed E-state index contributed by atoms with van der Waals surface area (Å²) < 4.78 is 26.9. The fourth-order valence-electron chi connectivity index (χ4n) is 1.91. The molecule has 0 aromatic heterocycles. The van der Waals surface area contributed by atoms with Gasteiger partial charge < -0.3 is 5.11 Å².